The van der Waals surface area contributed by atoms with E-state index in [2.05, 4.69) is 27.8 Å². The van der Waals surface area contributed by atoms with E-state index in [0.29, 0.717) is 29.0 Å². The van der Waals surface area contributed by atoms with Gasteiger partial charge >= 0.3 is 0 Å². The first-order chi connectivity index (χ1) is 13.0. The van der Waals surface area contributed by atoms with Crippen LogP contribution in [0.3, 0.4) is 0 Å². The zero-order valence-electron chi connectivity index (χ0n) is 15.0. The van der Waals surface area contributed by atoms with Crippen LogP contribution in [0.1, 0.15) is 13.3 Å². The lowest BCUT2D eigenvalue weighted by molar-refractivity contribution is 0.399. The number of aromatic nitrogens is 3. The van der Waals surface area contributed by atoms with Crippen LogP contribution in [0.4, 0.5) is 5.69 Å². The minimum Gasteiger partial charge on any atom is -0.494 e. The van der Waals surface area contributed by atoms with Crippen LogP contribution in [-0.4, -0.2) is 26.8 Å². The third kappa shape index (κ3) is 2.78. The zero-order chi connectivity index (χ0) is 19.1. The molecular weight excluding hydrogens is 408 g/mol. The third-order valence-corrected chi connectivity index (χ3v) is 5.06. The molecule has 0 aliphatic rings. The van der Waals surface area contributed by atoms with Crippen molar-refractivity contribution in [1.82, 2.24) is 14.5 Å². The molecule has 3 heterocycles. The molecule has 0 aliphatic carbocycles. The summed E-state index contributed by atoms with van der Waals surface area (Å²) in [6.45, 7) is 2.76. The quantitative estimate of drug-likeness (QED) is 0.492. The Morgan fingerprint density at radius 3 is 2.85 bits per heavy atom. The van der Waals surface area contributed by atoms with Crippen molar-refractivity contribution >= 4 is 43.4 Å². The van der Waals surface area contributed by atoms with Crippen molar-refractivity contribution in [2.75, 3.05) is 12.8 Å². The lowest BCUT2D eigenvalue weighted by Gasteiger charge is -2.12. The second-order valence-electron chi connectivity index (χ2n) is 6.34. The predicted molar refractivity (Wildman–Crippen MR) is 111 cm³/mol. The molecule has 1 aromatic carbocycles. The van der Waals surface area contributed by atoms with E-state index in [-0.39, 0.29) is 5.88 Å². The number of fused-ring (bicyclic) bond motifs is 2. The molecule has 0 bridgehead atoms. The molecule has 3 N–H and O–H groups in total. The highest BCUT2D eigenvalue weighted by Crippen LogP contribution is 2.40. The molecule has 0 atom stereocenters. The van der Waals surface area contributed by atoms with Gasteiger partial charge in [-0.05, 0) is 28.4 Å². The van der Waals surface area contributed by atoms with Gasteiger partial charge in [0.15, 0.2) is 0 Å². The fourth-order valence-corrected chi connectivity index (χ4v) is 3.75. The molecule has 0 spiro atoms. The predicted octanol–water partition coefficient (Wildman–Crippen LogP) is 4.72. The molecule has 0 aliphatic heterocycles. The molecular formula is C20H19BrN4O2. The summed E-state index contributed by atoms with van der Waals surface area (Å²) in [5.74, 6) is 0.670. The minimum atomic E-state index is 0.158. The Morgan fingerprint density at radius 2 is 2.11 bits per heavy atom. The Morgan fingerprint density at radius 1 is 1.30 bits per heavy atom. The Balaban J connectivity index is 2.07. The first-order valence-electron chi connectivity index (χ1n) is 8.65. The summed E-state index contributed by atoms with van der Waals surface area (Å²) in [6, 6.07) is 7.74. The Hall–Kier alpha value is -2.80. The van der Waals surface area contributed by atoms with Crippen LogP contribution in [-0.2, 0) is 6.54 Å². The van der Waals surface area contributed by atoms with Gasteiger partial charge in [-0.15, -0.1) is 0 Å². The monoisotopic (exact) mass is 426 g/mol. The summed E-state index contributed by atoms with van der Waals surface area (Å²) in [5.41, 5.74) is 10.1. The van der Waals surface area contributed by atoms with Gasteiger partial charge in [0, 0.05) is 39.9 Å². The van der Waals surface area contributed by atoms with Crippen molar-refractivity contribution in [3.63, 3.8) is 0 Å². The van der Waals surface area contributed by atoms with E-state index < -0.39 is 0 Å². The van der Waals surface area contributed by atoms with Gasteiger partial charge in [0.1, 0.15) is 0 Å². The Kier molecular flexibility index (Phi) is 4.39. The highest BCUT2D eigenvalue weighted by atomic mass is 79.9. The standard InChI is InChI=1S/C20H19BrN4O2/c1-3-7-25-10-15-16(20(25)26)17(22)13-6-4-5-12(18(13)24-15)14-8-11(21)9-23-19(14)27-2/h4-6,8-10,26H,3,7,22H2,1-2H3. The summed E-state index contributed by atoms with van der Waals surface area (Å²) < 4.78 is 8.07. The van der Waals surface area contributed by atoms with E-state index >= 15 is 0 Å². The van der Waals surface area contributed by atoms with Gasteiger partial charge in [-0.2, -0.15) is 0 Å². The number of nitrogen functional groups attached to an aromatic ring is 1. The molecule has 0 fully saturated rings. The number of ether oxygens (including phenoxy) is 1. The molecule has 7 heteroatoms. The minimum absolute atomic E-state index is 0.158. The fourth-order valence-electron chi connectivity index (χ4n) is 3.42. The number of benzene rings is 1. The SMILES string of the molecule is CCCn1cc2nc3c(-c4cc(Br)cnc4OC)cccc3c(N)c2c1O. The Labute approximate surface area is 164 Å². The lowest BCUT2D eigenvalue weighted by atomic mass is 10.0. The average Bonchev–Trinajstić information content (AvgIpc) is 2.97. The van der Waals surface area contributed by atoms with E-state index in [1.165, 1.54) is 0 Å². The van der Waals surface area contributed by atoms with Crippen LogP contribution < -0.4 is 10.5 Å². The molecule has 0 saturated carbocycles. The van der Waals surface area contributed by atoms with Gasteiger partial charge in [0.05, 0.1) is 29.2 Å². The summed E-state index contributed by atoms with van der Waals surface area (Å²) in [7, 11) is 1.59. The fraction of sp³-hybridized carbons (Fsp3) is 0.200. The average molecular weight is 427 g/mol. The van der Waals surface area contributed by atoms with E-state index in [1.807, 2.05) is 30.5 Å². The second-order valence-corrected chi connectivity index (χ2v) is 7.26. The largest absolute Gasteiger partial charge is 0.494 e. The number of halogens is 1. The van der Waals surface area contributed by atoms with Crippen LogP contribution >= 0.6 is 15.9 Å². The first kappa shape index (κ1) is 17.6. The van der Waals surface area contributed by atoms with Gasteiger partial charge in [-0.1, -0.05) is 25.1 Å². The molecule has 4 aromatic rings. The number of pyridine rings is 2. The molecule has 3 aromatic heterocycles. The molecule has 27 heavy (non-hydrogen) atoms. The number of methoxy groups -OCH3 is 1. The molecule has 0 radical (unpaired) electrons. The second kappa shape index (κ2) is 6.74. The smallest absolute Gasteiger partial charge is 0.221 e. The summed E-state index contributed by atoms with van der Waals surface area (Å²) in [5, 5.41) is 11.9. The maximum Gasteiger partial charge on any atom is 0.221 e. The van der Waals surface area contributed by atoms with E-state index in [4.69, 9.17) is 15.5 Å². The van der Waals surface area contributed by atoms with Gasteiger partial charge in [0.2, 0.25) is 11.8 Å². The third-order valence-electron chi connectivity index (χ3n) is 4.62. The molecule has 4 rings (SSSR count). The van der Waals surface area contributed by atoms with Crippen molar-refractivity contribution in [2.45, 2.75) is 19.9 Å². The van der Waals surface area contributed by atoms with Crippen LogP contribution in [0.5, 0.6) is 11.8 Å². The van der Waals surface area contributed by atoms with E-state index in [9.17, 15) is 5.11 Å². The van der Waals surface area contributed by atoms with Crippen molar-refractivity contribution in [3.8, 4) is 22.9 Å². The molecule has 0 amide bonds. The first-order valence-corrected chi connectivity index (χ1v) is 9.44. The molecule has 0 unspecified atom stereocenters. The van der Waals surface area contributed by atoms with Gasteiger partial charge < -0.3 is 20.1 Å². The normalized spacial score (nSPS) is 11.4. The number of nitrogens with two attached hydrogens (primary N) is 1. The number of rotatable bonds is 4. The van der Waals surface area contributed by atoms with Crippen LogP contribution in [0.25, 0.3) is 32.9 Å². The van der Waals surface area contributed by atoms with Gasteiger partial charge in [-0.3, -0.25) is 0 Å². The molecule has 138 valence electrons. The number of nitrogens with zero attached hydrogens (tertiary/aromatic N) is 3. The van der Waals surface area contributed by atoms with Crippen molar-refractivity contribution in [2.24, 2.45) is 0 Å². The number of para-hydroxylation sites is 1. The molecule has 0 saturated heterocycles. The highest BCUT2D eigenvalue weighted by Gasteiger charge is 2.19. The van der Waals surface area contributed by atoms with E-state index in [0.717, 1.165) is 32.9 Å². The zero-order valence-corrected chi connectivity index (χ0v) is 16.6. The van der Waals surface area contributed by atoms with Gasteiger partial charge in [-0.25, -0.2) is 9.97 Å². The highest BCUT2D eigenvalue weighted by molar-refractivity contribution is 9.10. The Bertz CT molecular complexity index is 1170. The summed E-state index contributed by atoms with van der Waals surface area (Å²) >= 11 is 3.47. The lowest BCUT2D eigenvalue weighted by Crippen LogP contribution is -1.96. The van der Waals surface area contributed by atoms with Crippen molar-refractivity contribution < 1.29 is 9.84 Å². The van der Waals surface area contributed by atoms with Crippen molar-refractivity contribution in [3.05, 3.63) is 41.1 Å². The van der Waals surface area contributed by atoms with Crippen LogP contribution in [0.2, 0.25) is 0 Å². The van der Waals surface area contributed by atoms with E-state index in [1.54, 1.807) is 17.9 Å². The number of aryl methyl sites for hydroxylation is 1. The maximum absolute atomic E-state index is 10.6. The number of aromatic hydroxyl groups is 1. The number of hydrogen-bond acceptors (Lipinski definition) is 5. The summed E-state index contributed by atoms with van der Waals surface area (Å²) in [6.07, 6.45) is 4.44. The van der Waals surface area contributed by atoms with Crippen molar-refractivity contribution in [1.29, 1.82) is 0 Å². The number of hydrogen-bond donors (Lipinski definition) is 2. The van der Waals surface area contributed by atoms with Crippen LogP contribution in [0, 0.1) is 0 Å². The van der Waals surface area contributed by atoms with Crippen LogP contribution in [0.15, 0.2) is 41.1 Å². The maximum atomic E-state index is 10.6. The van der Waals surface area contributed by atoms with Gasteiger partial charge in [0.25, 0.3) is 0 Å². The number of anilines is 1. The topological polar surface area (TPSA) is 86.2 Å². The summed E-state index contributed by atoms with van der Waals surface area (Å²) in [4.78, 5) is 9.16. The molecule has 6 nitrogen and oxygen atoms in total.